The highest BCUT2D eigenvalue weighted by atomic mass is 32.2. The van der Waals surface area contributed by atoms with E-state index < -0.39 is 11.5 Å². The van der Waals surface area contributed by atoms with Crippen LogP contribution < -0.4 is 10.9 Å². The lowest BCUT2D eigenvalue weighted by Gasteiger charge is -2.20. The number of ether oxygens (including phenoxy) is 2. The monoisotopic (exact) mass is 484 g/mol. The van der Waals surface area contributed by atoms with E-state index in [2.05, 4.69) is 10.3 Å². The fourth-order valence-corrected chi connectivity index (χ4v) is 4.58. The molecule has 9 heteroatoms. The predicted octanol–water partition coefficient (Wildman–Crippen LogP) is 3.77. The lowest BCUT2D eigenvalue weighted by atomic mass is 10.2. The molecule has 0 bridgehead atoms. The molecule has 2 heterocycles. The summed E-state index contributed by atoms with van der Waals surface area (Å²) in [6, 6.07) is 11.0. The van der Waals surface area contributed by atoms with Crippen LogP contribution in [0.4, 0.5) is 0 Å². The van der Waals surface area contributed by atoms with Crippen molar-refractivity contribution in [1.29, 1.82) is 0 Å². The first-order valence-electron chi connectivity index (χ1n) is 11.6. The third-order valence-corrected chi connectivity index (χ3v) is 6.57. The van der Waals surface area contributed by atoms with E-state index in [-0.39, 0.29) is 11.5 Å². The van der Waals surface area contributed by atoms with Crippen LogP contribution in [0.3, 0.4) is 0 Å². The number of thioether (sulfide) groups is 1. The lowest BCUT2D eigenvalue weighted by Crippen LogP contribution is -2.33. The summed E-state index contributed by atoms with van der Waals surface area (Å²) in [5.74, 6) is -0.105. The Morgan fingerprint density at radius 2 is 1.88 bits per heavy atom. The van der Waals surface area contributed by atoms with E-state index in [1.54, 1.807) is 23.0 Å². The number of hydrogen-bond donors (Lipinski definition) is 1. The first-order chi connectivity index (χ1) is 16.6. The third-order valence-electron chi connectivity index (χ3n) is 5.22. The van der Waals surface area contributed by atoms with E-state index in [0.29, 0.717) is 55.2 Å². The van der Waals surface area contributed by atoms with Crippen LogP contribution in [0.5, 0.6) is 0 Å². The summed E-state index contributed by atoms with van der Waals surface area (Å²) < 4.78 is 12.9. The number of fused-ring (bicyclic) bond motifs is 1. The molecule has 0 fully saturated rings. The van der Waals surface area contributed by atoms with Gasteiger partial charge in [-0.3, -0.25) is 19.1 Å². The van der Waals surface area contributed by atoms with Crippen molar-refractivity contribution in [3.8, 4) is 0 Å². The molecule has 182 valence electrons. The molecule has 1 N–H and O–H groups in total. The average molecular weight is 485 g/mol. The van der Waals surface area contributed by atoms with Gasteiger partial charge in [0.25, 0.3) is 5.56 Å². The van der Waals surface area contributed by atoms with E-state index >= 15 is 0 Å². The van der Waals surface area contributed by atoms with Crippen LogP contribution in [-0.4, -0.2) is 45.2 Å². The molecule has 0 saturated heterocycles. The fraction of sp³-hybridized carbons (Fsp3) is 0.440. The minimum Gasteiger partial charge on any atom is -0.353 e. The Morgan fingerprint density at radius 3 is 2.56 bits per heavy atom. The van der Waals surface area contributed by atoms with Gasteiger partial charge in [0.15, 0.2) is 11.4 Å². The van der Waals surface area contributed by atoms with Crippen LogP contribution in [0.2, 0.25) is 0 Å². The molecule has 1 aromatic carbocycles. The highest BCUT2D eigenvalue weighted by Crippen LogP contribution is 2.25. The molecule has 0 aliphatic rings. The molecule has 2 aromatic heterocycles. The quantitative estimate of drug-likeness (QED) is 0.224. The molecule has 1 amide bonds. The van der Waals surface area contributed by atoms with Crippen molar-refractivity contribution in [3.05, 3.63) is 64.7 Å². The molecular formula is C25H32N4O4S. The molecule has 3 aromatic rings. The van der Waals surface area contributed by atoms with Crippen molar-refractivity contribution in [1.82, 2.24) is 19.9 Å². The Labute approximate surface area is 204 Å². The van der Waals surface area contributed by atoms with Gasteiger partial charge in [0, 0.05) is 45.1 Å². The number of aromatic nitrogens is 3. The second-order valence-corrected chi connectivity index (χ2v) is 8.76. The topological polar surface area (TPSA) is 95.3 Å². The number of benzene rings is 1. The number of nitrogens with one attached hydrogen (secondary N) is 1. The largest absolute Gasteiger partial charge is 0.353 e. The van der Waals surface area contributed by atoms with Crippen molar-refractivity contribution in [2.75, 3.05) is 13.2 Å². The van der Waals surface area contributed by atoms with E-state index in [4.69, 9.17) is 14.5 Å². The summed E-state index contributed by atoms with van der Waals surface area (Å²) in [7, 11) is 0. The molecule has 0 unspecified atom stereocenters. The van der Waals surface area contributed by atoms with E-state index in [0.717, 1.165) is 5.56 Å². The van der Waals surface area contributed by atoms with Crippen LogP contribution in [0.15, 0.2) is 58.7 Å². The molecular weight excluding hydrogens is 452 g/mol. The summed E-state index contributed by atoms with van der Waals surface area (Å²) in [6.07, 6.45) is 4.11. The van der Waals surface area contributed by atoms with E-state index in [9.17, 15) is 9.59 Å². The molecule has 0 aliphatic carbocycles. The van der Waals surface area contributed by atoms with Gasteiger partial charge in [-0.15, -0.1) is 0 Å². The lowest BCUT2D eigenvalue weighted by molar-refractivity contribution is -0.141. The van der Waals surface area contributed by atoms with Crippen molar-refractivity contribution in [3.63, 3.8) is 0 Å². The van der Waals surface area contributed by atoms with Gasteiger partial charge in [0.05, 0.1) is 16.2 Å². The smallest absolute Gasteiger partial charge is 0.262 e. The number of nitrogens with zero attached hydrogens (tertiary/aromatic N) is 3. The number of amides is 1. The van der Waals surface area contributed by atoms with Gasteiger partial charge >= 0.3 is 0 Å². The summed E-state index contributed by atoms with van der Waals surface area (Å²) >= 11 is 1.31. The van der Waals surface area contributed by atoms with Crippen LogP contribution in [-0.2, 0) is 27.4 Å². The molecule has 0 saturated carbocycles. The zero-order valence-electron chi connectivity index (χ0n) is 19.9. The van der Waals surface area contributed by atoms with Crippen LogP contribution in [0.1, 0.15) is 39.2 Å². The van der Waals surface area contributed by atoms with Gasteiger partial charge in [0.2, 0.25) is 5.91 Å². The maximum atomic E-state index is 13.3. The Morgan fingerprint density at radius 1 is 1.12 bits per heavy atom. The number of para-hydroxylation sites is 1. The molecule has 0 radical (unpaired) electrons. The minimum absolute atomic E-state index is 0.105. The molecule has 0 aliphatic heterocycles. The van der Waals surface area contributed by atoms with Crippen LogP contribution >= 0.6 is 11.8 Å². The Hall–Kier alpha value is -2.75. The van der Waals surface area contributed by atoms with Crippen LogP contribution in [0.25, 0.3) is 10.9 Å². The standard InChI is InChI=1S/C25H32N4O4S/c1-4-21(23(30)27-17-18-10-9-14-26-16-18)34-25-28-20-12-8-7-11-19(20)24(31)29(25)15-13-22(32-5-2)33-6-3/h7-12,14,16,21-22H,4-6,13,15,17H2,1-3H3,(H,27,30)/t21-/m1/s1. The van der Waals surface area contributed by atoms with Crippen molar-refractivity contribution >= 4 is 28.6 Å². The average Bonchev–Trinajstić information content (AvgIpc) is 2.86. The molecule has 1 atom stereocenters. The second-order valence-electron chi connectivity index (χ2n) is 7.59. The van der Waals surface area contributed by atoms with Gasteiger partial charge in [-0.1, -0.05) is 36.9 Å². The van der Waals surface area contributed by atoms with Crippen molar-refractivity contribution in [2.45, 2.75) is 63.4 Å². The number of rotatable bonds is 13. The highest BCUT2D eigenvalue weighted by Gasteiger charge is 2.22. The maximum Gasteiger partial charge on any atom is 0.262 e. The molecule has 34 heavy (non-hydrogen) atoms. The van der Waals surface area contributed by atoms with Gasteiger partial charge in [-0.2, -0.15) is 0 Å². The second kappa shape index (κ2) is 13.2. The first kappa shape index (κ1) is 25.9. The summed E-state index contributed by atoms with van der Waals surface area (Å²) in [6.45, 7) is 7.58. The normalized spacial score (nSPS) is 12.2. The fourth-order valence-electron chi connectivity index (χ4n) is 3.51. The Kier molecular flexibility index (Phi) is 10.1. The van der Waals surface area contributed by atoms with Crippen molar-refractivity contribution < 1.29 is 14.3 Å². The summed E-state index contributed by atoms with van der Waals surface area (Å²) in [5, 5.41) is 3.63. The number of hydrogen-bond acceptors (Lipinski definition) is 7. The first-order valence-corrected chi connectivity index (χ1v) is 12.5. The molecule has 8 nitrogen and oxygen atoms in total. The number of carbonyl (C=O) groups is 1. The van der Waals surface area contributed by atoms with E-state index in [1.807, 2.05) is 51.1 Å². The Balaban J connectivity index is 1.84. The highest BCUT2D eigenvalue weighted by molar-refractivity contribution is 8.00. The van der Waals surface area contributed by atoms with Gasteiger partial charge < -0.3 is 14.8 Å². The van der Waals surface area contributed by atoms with Crippen molar-refractivity contribution in [2.24, 2.45) is 0 Å². The number of pyridine rings is 1. The number of carbonyl (C=O) groups excluding carboxylic acids is 1. The minimum atomic E-state index is -0.407. The zero-order valence-corrected chi connectivity index (χ0v) is 20.7. The zero-order chi connectivity index (χ0) is 24.3. The summed E-state index contributed by atoms with van der Waals surface area (Å²) in [4.78, 5) is 35.1. The van der Waals surface area contributed by atoms with Gasteiger partial charge in [-0.25, -0.2) is 4.98 Å². The third kappa shape index (κ3) is 6.88. The predicted molar refractivity (Wildman–Crippen MR) is 134 cm³/mol. The van der Waals surface area contributed by atoms with Crippen LogP contribution in [0, 0.1) is 0 Å². The maximum absolute atomic E-state index is 13.3. The SMILES string of the molecule is CCOC(CCn1c(S[C@H](CC)C(=O)NCc2cccnc2)nc2ccccc2c1=O)OCC. The molecule has 3 rings (SSSR count). The van der Waals surface area contributed by atoms with Gasteiger partial charge in [0.1, 0.15) is 0 Å². The van der Waals surface area contributed by atoms with E-state index in [1.165, 1.54) is 11.8 Å². The Bertz CT molecular complexity index is 1120. The molecule has 0 spiro atoms. The van der Waals surface area contributed by atoms with Gasteiger partial charge in [-0.05, 0) is 44.0 Å². The summed E-state index contributed by atoms with van der Waals surface area (Å²) in [5.41, 5.74) is 1.41.